The quantitative estimate of drug-likeness (QED) is 0.308. The number of nitrogens with zero attached hydrogens (tertiary/aromatic N) is 2. The first-order chi connectivity index (χ1) is 20.7. The summed E-state index contributed by atoms with van der Waals surface area (Å²) in [4.78, 5) is 28.9. The highest BCUT2D eigenvalue weighted by Crippen LogP contribution is 2.30. The molecule has 6 rings (SSSR count). The molecule has 4 aromatic rings. The van der Waals surface area contributed by atoms with Crippen LogP contribution in [0, 0.1) is 0 Å². The minimum Gasteiger partial charge on any atom is -0.482 e. The van der Waals surface area contributed by atoms with E-state index in [1.165, 1.54) is 29.3 Å². The van der Waals surface area contributed by atoms with Gasteiger partial charge < -0.3 is 15.0 Å². The van der Waals surface area contributed by atoms with Crippen LogP contribution >= 0.6 is 11.6 Å². The summed E-state index contributed by atoms with van der Waals surface area (Å²) < 4.78 is 33.1. The number of ether oxygens (including phenoxy) is 1. The lowest BCUT2D eigenvalue weighted by atomic mass is 9.99. The molecule has 43 heavy (non-hydrogen) atoms. The second-order valence-corrected chi connectivity index (χ2v) is 12.5. The summed E-state index contributed by atoms with van der Waals surface area (Å²) >= 11 is 6.08. The summed E-state index contributed by atoms with van der Waals surface area (Å²) in [6.45, 7) is 4.09. The Hall–Kier alpha value is -4.38. The molecule has 0 atom stereocenters. The van der Waals surface area contributed by atoms with Crippen LogP contribution in [0.3, 0.4) is 0 Å². The van der Waals surface area contributed by atoms with Gasteiger partial charge in [0.05, 0.1) is 10.6 Å². The number of benzene rings is 4. The molecule has 0 spiro atoms. The van der Waals surface area contributed by atoms with Crippen molar-refractivity contribution in [3.63, 3.8) is 0 Å². The number of hydrogen-bond donors (Lipinski definition) is 2. The first-order valence-electron chi connectivity index (χ1n) is 13.8. The lowest BCUT2D eigenvalue weighted by molar-refractivity contribution is -0.118. The van der Waals surface area contributed by atoms with E-state index >= 15 is 0 Å². The molecule has 0 aromatic heterocycles. The summed E-state index contributed by atoms with van der Waals surface area (Å²) in [6, 6.07) is 27.3. The molecule has 11 heteroatoms. The number of carbonyl (C=O) groups excluding carboxylic acids is 2. The van der Waals surface area contributed by atoms with Gasteiger partial charge in [0.15, 0.2) is 6.61 Å². The van der Waals surface area contributed by atoms with Gasteiger partial charge in [-0.3, -0.25) is 14.5 Å². The lowest BCUT2D eigenvalue weighted by Gasteiger charge is -2.36. The fourth-order valence-corrected chi connectivity index (χ4v) is 6.39. The van der Waals surface area contributed by atoms with E-state index in [0.717, 1.165) is 49.0 Å². The Balaban J connectivity index is 1.06. The van der Waals surface area contributed by atoms with Crippen LogP contribution in [-0.2, 0) is 21.4 Å². The van der Waals surface area contributed by atoms with E-state index in [1.54, 1.807) is 12.1 Å². The second-order valence-electron chi connectivity index (χ2n) is 10.4. The normalized spacial score (nSPS) is 15.3. The number of amides is 2. The number of rotatable bonds is 7. The molecule has 0 unspecified atom stereocenters. The van der Waals surface area contributed by atoms with Crippen LogP contribution in [0.1, 0.15) is 15.9 Å². The van der Waals surface area contributed by atoms with Gasteiger partial charge in [0.25, 0.3) is 21.8 Å². The van der Waals surface area contributed by atoms with Crippen molar-refractivity contribution in [3.8, 4) is 16.9 Å². The molecule has 2 N–H and O–H groups in total. The smallest absolute Gasteiger partial charge is 0.264 e. The second kappa shape index (κ2) is 12.1. The third-order valence-corrected chi connectivity index (χ3v) is 9.14. The monoisotopic (exact) mass is 616 g/mol. The van der Waals surface area contributed by atoms with Crippen LogP contribution in [0.15, 0.2) is 95.9 Å². The maximum atomic E-state index is 12.9. The summed E-state index contributed by atoms with van der Waals surface area (Å²) in [5.74, 6) is -0.759. The standard InChI is InChI=1S/C32H29ClN4O5S/c33-25-9-5-22(6-10-25)28-4-2-1-3-24(28)20-36-15-17-37(18-16-36)26-11-7-23(8-12-26)32(39)35-43(40,41)27-13-14-30-29(19-27)34-31(38)21-42-30/h1-14,19H,15-18,20-21H2,(H,34,38)(H,35,39). The first kappa shape index (κ1) is 28.7. The molecule has 0 saturated carbocycles. The maximum Gasteiger partial charge on any atom is 0.264 e. The molecule has 2 aliphatic heterocycles. The van der Waals surface area contributed by atoms with Crippen molar-refractivity contribution in [1.82, 2.24) is 9.62 Å². The number of anilines is 2. The van der Waals surface area contributed by atoms with Gasteiger partial charge in [-0.05, 0) is 71.3 Å². The van der Waals surface area contributed by atoms with Crippen LogP contribution in [0.4, 0.5) is 11.4 Å². The summed E-state index contributed by atoms with van der Waals surface area (Å²) in [7, 11) is -4.17. The van der Waals surface area contributed by atoms with Gasteiger partial charge in [0.1, 0.15) is 5.75 Å². The fraction of sp³-hybridized carbons (Fsp3) is 0.188. The number of hydrogen-bond acceptors (Lipinski definition) is 7. The number of fused-ring (bicyclic) bond motifs is 1. The van der Waals surface area contributed by atoms with Gasteiger partial charge in [-0.15, -0.1) is 0 Å². The van der Waals surface area contributed by atoms with E-state index in [2.05, 4.69) is 44.1 Å². The number of piperazine rings is 1. The van der Waals surface area contributed by atoms with Gasteiger partial charge in [-0.25, -0.2) is 13.1 Å². The third kappa shape index (κ3) is 6.51. The van der Waals surface area contributed by atoms with Crippen molar-refractivity contribution >= 4 is 44.8 Å². The maximum absolute atomic E-state index is 12.9. The molecule has 220 valence electrons. The van der Waals surface area contributed by atoms with Crippen molar-refractivity contribution in [3.05, 3.63) is 107 Å². The Kier molecular flexibility index (Phi) is 8.07. The van der Waals surface area contributed by atoms with Crippen LogP contribution in [0.2, 0.25) is 5.02 Å². The summed E-state index contributed by atoms with van der Waals surface area (Å²) in [5.41, 5.74) is 5.02. The molecule has 1 fully saturated rings. The van der Waals surface area contributed by atoms with Crippen LogP contribution in [-0.4, -0.2) is 57.9 Å². The van der Waals surface area contributed by atoms with Gasteiger partial charge in [0.2, 0.25) is 0 Å². The predicted octanol–water partition coefficient (Wildman–Crippen LogP) is 4.78. The zero-order chi connectivity index (χ0) is 30.0. The molecule has 9 nitrogen and oxygen atoms in total. The van der Waals surface area contributed by atoms with Gasteiger partial charge >= 0.3 is 0 Å². The lowest BCUT2D eigenvalue weighted by Crippen LogP contribution is -2.46. The zero-order valence-electron chi connectivity index (χ0n) is 23.1. The van der Waals surface area contributed by atoms with Crippen molar-refractivity contribution in [2.45, 2.75) is 11.4 Å². The van der Waals surface area contributed by atoms with Crippen molar-refractivity contribution in [2.75, 3.05) is 43.0 Å². The molecular weight excluding hydrogens is 588 g/mol. The molecule has 0 bridgehead atoms. The molecule has 2 amide bonds. The van der Waals surface area contributed by atoms with Crippen molar-refractivity contribution in [1.29, 1.82) is 0 Å². The highest BCUT2D eigenvalue weighted by molar-refractivity contribution is 7.90. The molecule has 0 radical (unpaired) electrons. The van der Waals surface area contributed by atoms with Gasteiger partial charge in [0, 0.05) is 49.0 Å². The molecule has 2 aliphatic rings. The van der Waals surface area contributed by atoms with E-state index in [1.807, 2.05) is 36.4 Å². The summed E-state index contributed by atoms with van der Waals surface area (Å²) in [6.07, 6.45) is 0. The van der Waals surface area contributed by atoms with E-state index < -0.39 is 15.9 Å². The molecule has 4 aromatic carbocycles. The van der Waals surface area contributed by atoms with Gasteiger partial charge in [-0.1, -0.05) is 48.0 Å². The molecule has 0 aliphatic carbocycles. The number of sulfonamides is 1. The molecule has 1 saturated heterocycles. The highest BCUT2D eigenvalue weighted by Gasteiger charge is 2.24. The highest BCUT2D eigenvalue weighted by atomic mass is 35.5. The Morgan fingerprint density at radius 3 is 2.37 bits per heavy atom. The fourth-order valence-electron chi connectivity index (χ4n) is 5.27. The predicted molar refractivity (Wildman–Crippen MR) is 166 cm³/mol. The minimum atomic E-state index is -4.17. The largest absolute Gasteiger partial charge is 0.482 e. The third-order valence-electron chi connectivity index (χ3n) is 7.55. The van der Waals surface area contributed by atoms with Crippen LogP contribution < -0.4 is 19.7 Å². The van der Waals surface area contributed by atoms with E-state index in [-0.39, 0.29) is 28.7 Å². The van der Waals surface area contributed by atoms with E-state index in [9.17, 15) is 18.0 Å². The van der Waals surface area contributed by atoms with Crippen LogP contribution in [0.25, 0.3) is 11.1 Å². The molecular formula is C32H29ClN4O5S. The summed E-state index contributed by atoms with van der Waals surface area (Å²) in [5, 5.41) is 3.28. The minimum absolute atomic E-state index is 0.138. The Morgan fingerprint density at radius 2 is 1.63 bits per heavy atom. The average molecular weight is 617 g/mol. The Labute approximate surface area is 255 Å². The Morgan fingerprint density at radius 1 is 0.907 bits per heavy atom. The number of carbonyl (C=O) groups is 2. The molecule has 2 heterocycles. The number of nitrogens with one attached hydrogen (secondary N) is 2. The first-order valence-corrected chi connectivity index (χ1v) is 15.7. The van der Waals surface area contributed by atoms with Gasteiger partial charge in [-0.2, -0.15) is 0 Å². The average Bonchev–Trinajstić information content (AvgIpc) is 3.02. The topological polar surface area (TPSA) is 108 Å². The SMILES string of the molecule is O=C1COc2ccc(S(=O)(=O)NC(=O)c3ccc(N4CCN(Cc5ccccc5-c5ccc(Cl)cc5)CC4)cc3)cc2N1. The number of halogens is 1. The zero-order valence-corrected chi connectivity index (χ0v) is 24.7. The van der Waals surface area contributed by atoms with E-state index in [0.29, 0.717) is 5.75 Å². The Bertz CT molecular complexity index is 1770. The van der Waals surface area contributed by atoms with Crippen LogP contribution in [0.5, 0.6) is 5.75 Å². The van der Waals surface area contributed by atoms with Crippen molar-refractivity contribution < 1.29 is 22.7 Å². The van der Waals surface area contributed by atoms with E-state index in [4.69, 9.17) is 16.3 Å². The van der Waals surface area contributed by atoms with Crippen molar-refractivity contribution in [2.24, 2.45) is 0 Å².